The molecule has 0 fully saturated rings. The molecule has 3 rings (SSSR count). The molecular formula is C18H15ClN4O. The summed E-state index contributed by atoms with van der Waals surface area (Å²) in [6, 6.07) is 12.9. The van der Waals surface area contributed by atoms with Gasteiger partial charge in [-0.05, 0) is 41.5 Å². The van der Waals surface area contributed by atoms with Crippen molar-refractivity contribution < 1.29 is 4.79 Å². The van der Waals surface area contributed by atoms with Crippen LogP contribution in [-0.4, -0.2) is 16.9 Å². The van der Waals surface area contributed by atoms with Gasteiger partial charge in [0.25, 0.3) is 5.91 Å². The van der Waals surface area contributed by atoms with E-state index in [9.17, 15) is 4.79 Å². The molecule has 0 aliphatic heterocycles. The zero-order valence-corrected chi connectivity index (χ0v) is 13.7. The van der Waals surface area contributed by atoms with Gasteiger partial charge in [-0.3, -0.25) is 9.78 Å². The van der Waals surface area contributed by atoms with E-state index in [1.807, 2.05) is 37.3 Å². The number of rotatable bonds is 2. The minimum absolute atomic E-state index is 0.267. The maximum Gasteiger partial charge on any atom is 0.280 e. The van der Waals surface area contributed by atoms with Gasteiger partial charge in [0.05, 0.1) is 10.7 Å². The highest BCUT2D eigenvalue weighted by molar-refractivity contribution is 6.33. The van der Waals surface area contributed by atoms with Crippen LogP contribution in [0.2, 0.25) is 5.02 Å². The van der Waals surface area contributed by atoms with Crippen molar-refractivity contribution in [3.05, 3.63) is 64.8 Å². The number of carbonyl (C=O) groups excluding carboxylic acids is 1. The Hall–Kier alpha value is -2.92. The summed E-state index contributed by atoms with van der Waals surface area (Å²) < 4.78 is 0. The third kappa shape index (κ3) is 3.07. The first-order valence-corrected chi connectivity index (χ1v) is 7.63. The molecule has 0 bridgehead atoms. The Kier molecular flexibility index (Phi) is 4.18. The Morgan fingerprint density at radius 1 is 1.17 bits per heavy atom. The lowest BCUT2D eigenvalue weighted by Gasteiger charge is -2.09. The maximum atomic E-state index is 12.1. The molecule has 1 heterocycles. The van der Waals surface area contributed by atoms with Crippen LogP contribution in [-0.2, 0) is 0 Å². The fourth-order valence-corrected chi connectivity index (χ4v) is 2.85. The SMILES string of the molecule is Cc1cnc(-c2cccc3ccc(C(=O)N=C(N)N)cc23)c(Cl)c1. The fraction of sp³-hybridized carbons (Fsp3) is 0.0556. The quantitative estimate of drug-likeness (QED) is 0.553. The highest BCUT2D eigenvalue weighted by Crippen LogP contribution is 2.32. The number of aryl methyl sites for hydroxylation is 1. The van der Waals surface area contributed by atoms with E-state index in [1.54, 1.807) is 18.3 Å². The Labute approximate surface area is 144 Å². The molecule has 0 saturated heterocycles. The second-order valence-corrected chi connectivity index (χ2v) is 5.83. The van der Waals surface area contributed by atoms with Gasteiger partial charge in [0.1, 0.15) is 0 Å². The van der Waals surface area contributed by atoms with Crippen molar-refractivity contribution in [1.82, 2.24) is 4.98 Å². The molecule has 0 aliphatic carbocycles. The number of nitrogens with zero attached hydrogens (tertiary/aromatic N) is 2. The molecule has 0 atom stereocenters. The summed E-state index contributed by atoms with van der Waals surface area (Å²) >= 11 is 6.35. The molecule has 1 amide bonds. The van der Waals surface area contributed by atoms with Crippen molar-refractivity contribution in [3.8, 4) is 11.3 Å². The van der Waals surface area contributed by atoms with Gasteiger partial charge in [-0.25, -0.2) is 0 Å². The lowest BCUT2D eigenvalue weighted by Crippen LogP contribution is -2.24. The molecule has 4 N–H and O–H groups in total. The molecular weight excluding hydrogens is 324 g/mol. The number of carbonyl (C=O) groups is 1. The molecule has 2 aromatic carbocycles. The molecule has 3 aromatic rings. The smallest absolute Gasteiger partial charge is 0.280 e. The second kappa shape index (κ2) is 6.29. The van der Waals surface area contributed by atoms with Gasteiger partial charge in [-0.15, -0.1) is 0 Å². The van der Waals surface area contributed by atoms with Gasteiger partial charge in [-0.2, -0.15) is 4.99 Å². The first-order valence-electron chi connectivity index (χ1n) is 7.25. The molecule has 120 valence electrons. The molecule has 0 saturated carbocycles. The third-order valence-corrected chi connectivity index (χ3v) is 3.88. The maximum absolute atomic E-state index is 12.1. The van der Waals surface area contributed by atoms with Gasteiger partial charge in [0.2, 0.25) is 0 Å². The predicted molar refractivity (Wildman–Crippen MR) is 97.1 cm³/mol. The number of amides is 1. The van der Waals surface area contributed by atoms with Crippen LogP contribution in [0, 0.1) is 6.92 Å². The molecule has 0 radical (unpaired) electrons. The topological polar surface area (TPSA) is 94.4 Å². The molecule has 1 aromatic heterocycles. The lowest BCUT2D eigenvalue weighted by molar-refractivity contribution is 0.100. The summed E-state index contributed by atoms with van der Waals surface area (Å²) in [4.78, 5) is 20.1. The van der Waals surface area contributed by atoms with E-state index in [-0.39, 0.29) is 5.96 Å². The molecule has 0 unspecified atom stereocenters. The zero-order chi connectivity index (χ0) is 17.3. The summed E-state index contributed by atoms with van der Waals surface area (Å²) in [6.07, 6.45) is 1.76. The molecule has 5 nitrogen and oxygen atoms in total. The molecule has 6 heteroatoms. The van der Waals surface area contributed by atoms with Crippen molar-refractivity contribution >= 4 is 34.2 Å². The van der Waals surface area contributed by atoms with Crippen molar-refractivity contribution in [2.45, 2.75) is 6.92 Å². The monoisotopic (exact) mass is 338 g/mol. The molecule has 0 spiro atoms. The van der Waals surface area contributed by atoms with Crippen molar-refractivity contribution in [1.29, 1.82) is 0 Å². The van der Waals surface area contributed by atoms with Crippen LogP contribution in [0.3, 0.4) is 0 Å². The minimum atomic E-state index is -0.491. The molecule has 0 aliphatic rings. The third-order valence-electron chi connectivity index (χ3n) is 3.59. The van der Waals surface area contributed by atoms with E-state index in [1.165, 1.54) is 0 Å². The fourth-order valence-electron chi connectivity index (χ4n) is 2.53. The summed E-state index contributed by atoms with van der Waals surface area (Å²) in [5.41, 5.74) is 13.4. The number of nitrogens with two attached hydrogens (primary N) is 2. The highest BCUT2D eigenvalue weighted by atomic mass is 35.5. The van der Waals surface area contributed by atoms with Gasteiger partial charge < -0.3 is 11.5 Å². The van der Waals surface area contributed by atoms with Crippen LogP contribution in [0.5, 0.6) is 0 Å². The summed E-state index contributed by atoms with van der Waals surface area (Å²) in [5, 5.41) is 2.38. The van der Waals surface area contributed by atoms with E-state index in [0.717, 1.165) is 21.9 Å². The Balaban J connectivity index is 2.22. The number of halogens is 1. The average molecular weight is 339 g/mol. The number of pyridine rings is 1. The number of benzene rings is 2. The number of fused-ring (bicyclic) bond motifs is 1. The predicted octanol–water partition coefficient (Wildman–Crippen LogP) is 3.28. The first-order chi connectivity index (χ1) is 11.5. The standard InChI is InChI=1S/C18H15ClN4O/c1-10-7-15(19)16(22-9-10)13-4-2-3-11-5-6-12(8-14(11)13)17(24)23-18(20)21/h2-9H,1H3,(H4,20,21,23,24). The van der Waals surface area contributed by atoms with Crippen LogP contribution in [0.25, 0.3) is 22.0 Å². The zero-order valence-electron chi connectivity index (χ0n) is 13.0. The van der Waals surface area contributed by atoms with Gasteiger partial charge in [0, 0.05) is 17.3 Å². The number of hydrogen-bond donors (Lipinski definition) is 2. The lowest BCUT2D eigenvalue weighted by atomic mass is 9.99. The Bertz CT molecular complexity index is 978. The van der Waals surface area contributed by atoms with Crippen LogP contribution in [0.4, 0.5) is 0 Å². The van der Waals surface area contributed by atoms with E-state index < -0.39 is 5.91 Å². The van der Waals surface area contributed by atoms with Crippen LogP contribution in [0.15, 0.2) is 53.7 Å². The van der Waals surface area contributed by atoms with Crippen molar-refractivity contribution in [2.24, 2.45) is 16.5 Å². The van der Waals surface area contributed by atoms with E-state index in [2.05, 4.69) is 9.98 Å². The summed E-state index contributed by atoms with van der Waals surface area (Å²) in [6.45, 7) is 1.93. The second-order valence-electron chi connectivity index (χ2n) is 5.43. The summed E-state index contributed by atoms with van der Waals surface area (Å²) in [7, 11) is 0. The number of guanidine groups is 1. The average Bonchev–Trinajstić information content (AvgIpc) is 2.53. The molecule has 24 heavy (non-hydrogen) atoms. The summed E-state index contributed by atoms with van der Waals surface area (Å²) in [5.74, 6) is -0.758. The highest BCUT2D eigenvalue weighted by Gasteiger charge is 2.12. The first kappa shape index (κ1) is 16.0. The van der Waals surface area contributed by atoms with E-state index in [4.69, 9.17) is 23.1 Å². The van der Waals surface area contributed by atoms with Gasteiger partial charge >= 0.3 is 0 Å². The number of hydrogen-bond acceptors (Lipinski definition) is 2. The Morgan fingerprint density at radius 3 is 2.67 bits per heavy atom. The Morgan fingerprint density at radius 2 is 1.96 bits per heavy atom. The van der Waals surface area contributed by atoms with Crippen LogP contribution < -0.4 is 11.5 Å². The van der Waals surface area contributed by atoms with Crippen molar-refractivity contribution in [2.75, 3.05) is 0 Å². The van der Waals surface area contributed by atoms with Crippen molar-refractivity contribution in [3.63, 3.8) is 0 Å². The van der Waals surface area contributed by atoms with Crippen LogP contribution in [0.1, 0.15) is 15.9 Å². The van der Waals surface area contributed by atoms with E-state index >= 15 is 0 Å². The van der Waals surface area contributed by atoms with Crippen LogP contribution >= 0.6 is 11.6 Å². The number of aliphatic imine (C=N–C) groups is 1. The largest absolute Gasteiger partial charge is 0.370 e. The number of aromatic nitrogens is 1. The van der Waals surface area contributed by atoms with E-state index in [0.29, 0.717) is 16.3 Å². The minimum Gasteiger partial charge on any atom is -0.370 e. The van der Waals surface area contributed by atoms with Gasteiger partial charge in [-0.1, -0.05) is 35.9 Å². The van der Waals surface area contributed by atoms with Gasteiger partial charge in [0.15, 0.2) is 5.96 Å². The normalized spacial score (nSPS) is 10.6.